The molecule has 3 N–H and O–H groups in total. The van der Waals surface area contributed by atoms with Crippen LogP contribution in [-0.2, 0) is 9.53 Å². The van der Waals surface area contributed by atoms with Crippen molar-refractivity contribution in [3.05, 3.63) is 0 Å². The molecule has 2 aliphatic rings. The van der Waals surface area contributed by atoms with E-state index in [0.717, 1.165) is 32.6 Å². The van der Waals surface area contributed by atoms with Crippen molar-refractivity contribution in [3.63, 3.8) is 0 Å². The second-order valence-corrected chi connectivity index (χ2v) is 5.07. The van der Waals surface area contributed by atoms with E-state index in [2.05, 4.69) is 5.32 Å². The third-order valence-corrected chi connectivity index (χ3v) is 3.55. The van der Waals surface area contributed by atoms with E-state index in [1.807, 2.05) is 0 Å². The summed E-state index contributed by atoms with van der Waals surface area (Å²) in [4.78, 5) is 11.5. The molecule has 1 aliphatic carbocycles. The molecule has 4 nitrogen and oxygen atoms in total. The van der Waals surface area contributed by atoms with Crippen molar-refractivity contribution in [1.29, 1.82) is 0 Å². The van der Waals surface area contributed by atoms with Crippen LogP contribution in [0.3, 0.4) is 0 Å². The topological polar surface area (TPSA) is 64.4 Å². The predicted octanol–water partition coefficient (Wildman–Crippen LogP) is 0.657. The zero-order valence-electron chi connectivity index (χ0n) is 9.78. The largest absolute Gasteiger partial charge is 0.381 e. The lowest BCUT2D eigenvalue weighted by molar-refractivity contribution is -0.121. The fourth-order valence-corrected chi connectivity index (χ4v) is 2.20. The van der Waals surface area contributed by atoms with Crippen LogP contribution in [0.15, 0.2) is 0 Å². The molecule has 0 radical (unpaired) electrons. The fraction of sp³-hybridized carbons (Fsp3) is 0.917. The van der Waals surface area contributed by atoms with Gasteiger partial charge < -0.3 is 15.8 Å². The second kappa shape index (κ2) is 5.64. The molecule has 1 heterocycles. The Labute approximate surface area is 96.9 Å². The Morgan fingerprint density at radius 2 is 2.25 bits per heavy atom. The maximum absolute atomic E-state index is 11.5. The van der Waals surface area contributed by atoms with Crippen LogP contribution in [0, 0.1) is 11.8 Å². The number of ether oxygens (including phenoxy) is 1. The molecule has 92 valence electrons. The van der Waals surface area contributed by atoms with Crippen molar-refractivity contribution in [2.75, 3.05) is 19.8 Å². The van der Waals surface area contributed by atoms with Crippen LogP contribution in [0.4, 0.5) is 0 Å². The molecule has 1 saturated carbocycles. The Morgan fingerprint density at radius 3 is 2.88 bits per heavy atom. The van der Waals surface area contributed by atoms with Gasteiger partial charge in [-0.05, 0) is 37.5 Å². The summed E-state index contributed by atoms with van der Waals surface area (Å²) >= 11 is 0. The van der Waals surface area contributed by atoms with Gasteiger partial charge in [-0.2, -0.15) is 0 Å². The highest BCUT2D eigenvalue weighted by Gasteiger charge is 2.29. The predicted molar refractivity (Wildman–Crippen MR) is 61.9 cm³/mol. The molecular formula is C12H22N2O2. The molecule has 1 amide bonds. The molecule has 0 aromatic heterocycles. The minimum Gasteiger partial charge on any atom is -0.381 e. The van der Waals surface area contributed by atoms with E-state index in [0.29, 0.717) is 18.3 Å². The molecule has 2 rings (SSSR count). The fourth-order valence-electron chi connectivity index (χ4n) is 2.20. The molecule has 0 spiro atoms. The van der Waals surface area contributed by atoms with Gasteiger partial charge in [0.2, 0.25) is 5.91 Å². The van der Waals surface area contributed by atoms with E-state index in [-0.39, 0.29) is 11.9 Å². The lowest BCUT2D eigenvalue weighted by atomic mass is 10.1. The summed E-state index contributed by atoms with van der Waals surface area (Å²) < 4.78 is 5.29. The summed E-state index contributed by atoms with van der Waals surface area (Å²) in [6.45, 7) is 2.51. The first-order chi connectivity index (χ1) is 7.75. The van der Waals surface area contributed by atoms with Crippen LogP contribution in [0.1, 0.15) is 32.1 Å². The smallest absolute Gasteiger partial charge is 0.221 e. The average Bonchev–Trinajstić information content (AvgIpc) is 2.98. The highest BCUT2D eigenvalue weighted by molar-refractivity contribution is 5.76. The maximum atomic E-state index is 11.5. The number of nitrogens with one attached hydrogen (secondary N) is 1. The molecular weight excluding hydrogens is 204 g/mol. The Hall–Kier alpha value is -0.610. The molecule has 2 unspecified atom stereocenters. The van der Waals surface area contributed by atoms with Crippen molar-refractivity contribution in [2.45, 2.75) is 38.1 Å². The van der Waals surface area contributed by atoms with Gasteiger partial charge in [-0.25, -0.2) is 0 Å². The third kappa shape index (κ3) is 3.76. The molecule has 16 heavy (non-hydrogen) atoms. The first kappa shape index (κ1) is 11.9. The van der Waals surface area contributed by atoms with Gasteiger partial charge in [-0.3, -0.25) is 4.79 Å². The molecule has 0 aromatic rings. The second-order valence-electron chi connectivity index (χ2n) is 5.07. The number of hydrogen-bond donors (Lipinski definition) is 2. The monoisotopic (exact) mass is 226 g/mol. The van der Waals surface area contributed by atoms with E-state index in [4.69, 9.17) is 10.5 Å². The number of carbonyl (C=O) groups is 1. The highest BCUT2D eigenvalue weighted by Crippen LogP contribution is 2.32. The highest BCUT2D eigenvalue weighted by atomic mass is 16.5. The van der Waals surface area contributed by atoms with Crippen LogP contribution >= 0.6 is 0 Å². The SMILES string of the molecule is NC(CC(=O)NCCC1CCOC1)C1CC1. The number of hydrogen-bond acceptors (Lipinski definition) is 3. The molecule has 0 bridgehead atoms. The van der Waals surface area contributed by atoms with Gasteiger partial charge in [0.15, 0.2) is 0 Å². The standard InChI is InChI=1S/C12H22N2O2/c13-11(10-1-2-10)7-12(15)14-5-3-9-4-6-16-8-9/h9-11H,1-8,13H2,(H,14,15). The van der Waals surface area contributed by atoms with Crippen LogP contribution in [0.25, 0.3) is 0 Å². The zero-order chi connectivity index (χ0) is 11.4. The molecule has 2 atom stereocenters. The summed E-state index contributed by atoms with van der Waals surface area (Å²) in [5.41, 5.74) is 5.89. The lowest BCUT2D eigenvalue weighted by Crippen LogP contribution is -2.33. The molecule has 0 aromatic carbocycles. The van der Waals surface area contributed by atoms with E-state index in [1.165, 1.54) is 12.8 Å². The van der Waals surface area contributed by atoms with E-state index >= 15 is 0 Å². The summed E-state index contributed by atoms with van der Waals surface area (Å²) in [5, 5.41) is 2.95. The lowest BCUT2D eigenvalue weighted by Gasteiger charge is -2.11. The molecule has 2 fully saturated rings. The van der Waals surface area contributed by atoms with Gasteiger partial charge in [0, 0.05) is 32.2 Å². The Morgan fingerprint density at radius 1 is 1.44 bits per heavy atom. The van der Waals surface area contributed by atoms with Crippen molar-refractivity contribution >= 4 is 5.91 Å². The number of carbonyl (C=O) groups excluding carboxylic acids is 1. The van der Waals surface area contributed by atoms with Gasteiger partial charge >= 0.3 is 0 Å². The Kier molecular flexibility index (Phi) is 4.18. The van der Waals surface area contributed by atoms with E-state index in [1.54, 1.807) is 0 Å². The number of rotatable bonds is 6. The summed E-state index contributed by atoms with van der Waals surface area (Å²) in [5.74, 6) is 1.35. The average molecular weight is 226 g/mol. The zero-order valence-corrected chi connectivity index (χ0v) is 9.78. The van der Waals surface area contributed by atoms with Crippen LogP contribution < -0.4 is 11.1 Å². The van der Waals surface area contributed by atoms with Crippen molar-refractivity contribution in [2.24, 2.45) is 17.6 Å². The van der Waals surface area contributed by atoms with E-state index < -0.39 is 0 Å². The first-order valence-electron chi connectivity index (χ1n) is 6.35. The summed E-state index contributed by atoms with van der Waals surface area (Å²) in [6, 6.07) is 0.0785. The van der Waals surface area contributed by atoms with Gasteiger partial charge in [0.1, 0.15) is 0 Å². The van der Waals surface area contributed by atoms with Crippen molar-refractivity contribution in [3.8, 4) is 0 Å². The quantitative estimate of drug-likeness (QED) is 0.699. The minimum absolute atomic E-state index is 0.0785. The normalized spacial score (nSPS) is 26.7. The summed E-state index contributed by atoms with van der Waals surface area (Å²) in [7, 11) is 0. The minimum atomic E-state index is 0.0785. The van der Waals surface area contributed by atoms with Gasteiger partial charge in [0.25, 0.3) is 0 Å². The number of amides is 1. The number of nitrogens with two attached hydrogens (primary N) is 1. The van der Waals surface area contributed by atoms with Crippen LogP contribution in [0.2, 0.25) is 0 Å². The Balaban J connectivity index is 1.52. The van der Waals surface area contributed by atoms with Crippen molar-refractivity contribution in [1.82, 2.24) is 5.32 Å². The molecule has 4 heteroatoms. The van der Waals surface area contributed by atoms with Crippen LogP contribution in [0.5, 0.6) is 0 Å². The van der Waals surface area contributed by atoms with Gasteiger partial charge in [-0.1, -0.05) is 0 Å². The van der Waals surface area contributed by atoms with E-state index in [9.17, 15) is 4.79 Å². The first-order valence-corrected chi connectivity index (χ1v) is 6.35. The third-order valence-electron chi connectivity index (χ3n) is 3.55. The summed E-state index contributed by atoms with van der Waals surface area (Å²) in [6.07, 6.45) is 5.06. The maximum Gasteiger partial charge on any atom is 0.221 e. The van der Waals surface area contributed by atoms with Gasteiger partial charge in [0.05, 0.1) is 0 Å². The van der Waals surface area contributed by atoms with Crippen LogP contribution in [-0.4, -0.2) is 31.7 Å². The molecule has 1 saturated heterocycles. The van der Waals surface area contributed by atoms with Crippen molar-refractivity contribution < 1.29 is 9.53 Å². The van der Waals surface area contributed by atoms with Gasteiger partial charge in [-0.15, -0.1) is 0 Å². The Bertz CT molecular complexity index is 235. The molecule has 1 aliphatic heterocycles.